The van der Waals surface area contributed by atoms with Crippen LogP contribution in [0.15, 0.2) is 24.3 Å². The number of carbonyl (C=O) groups excluding carboxylic acids is 1. The van der Waals surface area contributed by atoms with E-state index < -0.39 is 0 Å². The van der Waals surface area contributed by atoms with Crippen LogP contribution < -0.4 is 5.32 Å². The molecule has 3 heteroatoms. The number of hydrogen-bond acceptors (Lipinski definition) is 1. The van der Waals surface area contributed by atoms with E-state index in [1.807, 2.05) is 6.07 Å². The predicted octanol–water partition coefficient (Wildman–Crippen LogP) is 2.21. The second-order valence-electron chi connectivity index (χ2n) is 4.79. The Labute approximate surface area is 93.9 Å². The van der Waals surface area contributed by atoms with Crippen LogP contribution in [0.25, 0.3) is 0 Å². The molecule has 0 bridgehead atoms. The highest BCUT2D eigenvalue weighted by Gasteiger charge is 2.54. The van der Waals surface area contributed by atoms with Crippen LogP contribution in [0.1, 0.15) is 30.7 Å². The molecule has 1 spiro atoms. The molecule has 84 valence electrons. The van der Waals surface area contributed by atoms with E-state index in [4.69, 9.17) is 0 Å². The zero-order valence-electron chi connectivity index (χ0n) is 9.00. The lowest BCUT2D eigenvalue weighted by atomic mass is 9.60. The first-order valence-corrected chi connectivity index (χ1v) is 5.77. The van der Waals surface area contributed by atoms with Crippen LogP contribution in [0.5, 0.6) is 0 Å². The lowest BCUT2D eigenvalue weighted by Gasteiger charge is -2.40. The van der Waals surface area contributed by atoms with Gasteiger partial charge in [0.25, 0.3) is 0 Å². The molecule has 1 aliphatic carbocycles. The van der Waals surface area contributed by atoms with Gasteiger partial charge in [0.05, 0.1) is 5.41 Å². The molecule has 1 amide bonds. The van der Waals surface area contributed by atoms with E-state index in [9.17, 15) is 9.18 Å². The van der Waals surface area contributed by atoms with Crippen LogP contribution in [-0.2, 0) is 4.79 Å². The maximum atomic E-state index is 13.7. The molecule has 1 aromatic rings. The number of benzene rings is 1. The van der Waals surface area contributed by atoms with Gasteiger partial charge in [-0.1, -0.05) is 24.6 Å². The first-order chi connectivity index (χ1) is 7.74. The van der Waals surface area contributed by atoms with E-state index in [1.54, 1.807) is 12.1 Å². The van der Waals surface area contributed by atoms with Crippen LogP contribution in [0.2, 0.25) is 0 Å². The summed E-state index contributed by atoms with van der Waals surface area (Å²) in [4.78, 5) is 11.8. The van der Waals surface area contributed by atoms with E-state index in [2.05, 4.69) is 5.32 Å². The zero-order valence-corrected chi connectivity index (χ0v) is 9.00. The first-order valence-electron chi connectivity index (χ1n) is 5.77. The Hall–Kier alpha value is -1.38. The van der Waals surface area contributed by atoms with Crippen molar-refractivity contribution in [2.24, 2.45) is 5.41 Å². The molecule has 2 fully saturated rings. The third kappa shape index (κ3) is 1.14. The molecular weight excluding hydrogens is 205 g/mol. The van der Waals surface area contributed by atoms with Crippen molar-refractivity contribution < 1.29 is 9.18 Å². The molecule has 0 radical (unpaired) electrons. The molecule has 2 aliphatic rings. The van der Waals surface area contributed by atoms with Crippen LogP contribution in [0.3, 0.4) is 0 Å². The highest BCUT2D eigenvalue weighted by Crippen LogP contribution is 2.54. The van der Waals surface area contributed by atoms with Gasteiger partial charge in [-0.2, -0.15) is 0 Å². The molecule has 1 N–H and O–H groups in total. The smallest absolute Gasteiger partial charge is 0.226 e. The Morgan fingerprint density at radius 3 is 2.69 bits per heavy atom. The monoisotopic (exact) mass is 219 g/mol. The molecule has 1 atom stereocenters. The number of carbonyl (C=O) groups is 1. The van der Waals surface area contributed by atoms with Gasteiger partial charge in [-0.3, -0.25) is 4.79 Å². The molecule has 1 heterocycles. The first kappa shape index (κ1) is 9.82. The molecule has 0 aromatic heterocycles. The molecule has 3 rings (SSSR count). The Bertz CT molecular complexity index is 439. The van der Waals surface area contributed by atoms with Crippen molar-refractivity contribution in [3.05, 3.63) is 35.6 Å². The Balaban J connectivity index is 2.02. The van der Waals surface area contributed by atoms with Crippen molar-refractivity contribution in [2.45, 2.75) is 25.2 Å². The van der Waals surface area contributed by atoms with Crippen molar-refractivity contribution in [1.29, 1.82) is 0 Å². The maximum Gasteiger partial charge on any atom is 0.226 e. The van der Waals surface area contributed by atoms with Gasteiger partial charge in [0.1, 0.15) is 5.82 Å². The lowest BCUT2D eigenvalue weighted by molar-refractivity contribution is -0.132. The van der Waals surface area contributed by atoms with Crippen LogP contribution >= 0.6 is 0 Å². The van der Waals surface area contributed by atoms with Gasteiger partial charge in [0.15, 0.2) is 0 Å². The molecule has 1 saturated heterocycles. The third-order valence-electron chi connectivity index (χ3n) is 4.11. The zero-order chi connectivity index (χ0) is 11.2. The Kier molecular flexibility index (Phi) is 2.03. The van der Waals surface area contributed by atoms with Gasteiger partial charge in [-0.25, -0.2) is 4.39 Å². The van der Waals surface area contributed by atoms with Crippen molar-refractivity contribution in [1.82, 2.24) is 5.32 Å². The number of amides is 1. The van der Waals surface area contributed by atoms with Crippen molar-refractivity contribution in [3.63, 3.8) is 0 Å². The minimum Gasteiger partial charge on any atom is -0.355 e. The summed E-state index contributed by atoms with van der Waals surface area (Å²) in [6.07, 6.45) is 2.88. The van der Waals surface area contributed by atoms with Crippen LogP contribution in [0, 0.1) is 11.2 Å². The van der Waals surface area contributed by atoms with Crippen LogP contribution in [0.4, 0.5) is 4.39 Å². The number of hydrogen-bond donors (Lipinski definition) is 1. The van der Waals surface area contributed by atoms with E-state index >= 15 is 0 Å². The molecule has 1 saturated carbocycles. The summed E-state index contributed by atoms with van der Waals surface area (Å²) in [5.41, 5.74) is 0.392. The highest BCUT2D eigenvalue weighted by molar-refractivity contribution is 5.87. The summed E-state index contributed by atoms with van der Waals surface area (Å²) in [5, 5.41) is 2.88. The second kappa shape index (κ2) is 3.30. The summed E-state index contributed by atoms with van der Waals surface area (Å²) >= 11 is 0. The van der Waals surface area contributed by atoms with Gasteiger partial charge in [-0.05, 0) is 24.5 Å². The fraction of sp³-hybridized carbons (Fsp3) is 0.462. The van der Waals surface area contributed by atoms with E-state index in [0.29, 0.717) is 12.1 Å². The predicted molar refractivity (Wildman–Crippen MR) is 58.4 cm³/mol. The van der Waals surface area contributed by atoms with E-state index in [-0.39, 0.29) is 23.1 Å². The van der Waals surface area contributed by atoms with Gasteiger partial charge in [-0.15, -0.1) is 0 Å². The summed E-state index contributed by atoms with van der Waals surface area (Å²) < 4.78 is 13.7. The normalized spacial score (nSPS) is 26.6. The minimum absolute atomic E-state index is 0.0231. The molecule has 1 aromatic carbocycles. The average Bonchev–Trinajstić information content (AvgIpc) is 2.56. The highest BCUT2D eigenvalue weighted by atomic mass is 19.1. The quantitative estimate of drug-likeness (QED) is 0.771. The largest absolute Gasteiger partial charge is 0.355 e. The number of nitrogens with one attached hydrogen (secondary N) is 1. The van der Waals surface area contributed by atoms with Crippen molar-refractivity contribution in [3.8, 4) is 0 Å². The van der Waals surface area contributed by atoms with Gasteiger partial charge in [0, 0.05) is 12.5 Å². The second-order valence-corrected chi connectivity index (χ2v) is 4.79. The molecule has 0 unspecified atom stereocenters. The summed E-state index contributed by atoms with van der Waals surface area (Å²) in [6, 6.07) is 6.81. The number of rotatable bonds is 1. The van der Waals surface area contributed by atoms with Crippen molar-refractivity contribution >= 4 is 5.91 Å². The van der Waals surface area contributed by atoms with Crippen molar-refractivity contribution in [2.75, 3.05) is 6.54 Å². The van der Waals surface area contributed by atoms with E-state index in [1.165, 1.54) is 6.07 Å². The molecule has 16 heavy (non-hydrogen) atoms. The molecular formula is C13H14FNO. The van der Waals surface area contributed by atoms with Gasteiger partial charge in [0.2, 0.25) is 5.91 Å². The van der Waals surface area contributed by atoms with Gasteiger partial charge >= 0.3 is 0 Å². The number of halogens is 1. The Morgan fingerprint density at radius 2 is 2.06 bits per heavy atom. The summed E-state index contributed by atoms with van der Waals surface area (Å²) in [6.45, 7) is 0.583. The summed E-state index contributed by atoms with van der Waals surface area (Å²) in [5.74, 6) is -0.0442. The lowest BCUT2D eigenvalue weighted by Crippen LogP contribution is -2.40. The SMILES string of the molecule is O=C1NC[C@@H](c2ccccc2F)C12CCC2. The minimum atomic E-state index is -0.303. The fourth-order valence-corrected chi connectivity index (χ4v) is 3.02. The Morgan fingerprint density at radius 1 is 1.31 bits per heavy atom. The van der Waals surface area contributed by atoms with Crippen LogP contribution in [-0.4, -0.2) is 12.5 Å². The maximum absolute atomic E-state index is 13.7. The summed E-state index contributed by atoms with van der Waals surface area (Å²) in [7, 11) is 0. The molecule has 2 nitrogen and oxygen atoms in total. The average molecular weight is 219 g/mol. The fourth-order valence-electron chi connectivity index (χ4n) is 3.02. The van der Waals surface area contributed by atoms with E-state index in [0.717, 1.165) is 19.3 Å². The topological polar surface area (TPSA) is 29.1 Å². The standard InChI is InChI=1S/C13H14FNO/c14-11-5-2-1-4-9(11)10-8-15-12(16)13(10)6-3-7-13/h1-2,4-5,10H,3,6-8H2,(H,15,16)/t10-/m0/s1. The third-order valence-corrected chi connectivity index (χ3v) is 4.11. The molecule has 1 aliphatic heterocycles. The van der Waals surface area contributed by atoms with Gasteiger partial charge < -0.3 is 5.32 Å².